The number of nitrogens with zero attached hydrogens (tertiary/aromatic N) is 1. The number of nitrogens with one attached hydrogen (secondary N) is 2. The third-order valence-electron chi connectivity index (χ3n) is 3.00. The molecule has 23 heavy (non-hydrogen) atoms. The number of rotatable bonds is 5. The topological polar surface area (TPSA) is 132 Å². The number of furan rings is 1. The highest BCUT2D eigenvalue weighted by molar-refractivity contribution is 7.89. The van der Waals surface area contributed by atoms with Gasteiger partial charge in [0.15, 0.2) is 5.76 Å². The highest BCUT2D eigenvalue weighted by Crippen LogP contribution is 2.21. The van der Waals surface area contributed by atoms with Crippen LogP contribution in [0.4, 0.5) is 11.6 Å². The molecule has 2 aromatic rings. The summed E-state index contributed by atoms with van der Waals surface area (Å²) in [6.45, 7) is 1.62. The van der Waals surface area contributed by atoms with Crippen molar-refractivity contribution < 1.29 is 22.6 Å². The average Bonchev–Trinajstić information content (AvgIpc) is 2.99. The van der Waals surface area contributed by atoms with E-state index >= 15 is 0 Å². The van der Waals surface area contributed by atoms with Crippen LogP contribution in [0.15, 0.2) is 39.6 Å². The molecule has 1 heterocycles. The van der Waals surface area contributed by atoms with Crippen molar-refractivity contribution in [1.29, 1.82) is 0 Å². The maximum atomic E-state index is 12.0. The highest BCUT2D eigenvalue weighted by atomic mass is 32.2. The number of anilines is 1. The van der Waals surface area contributed by atoms with Gasteiger partial charge in [-0.3, -0.25) is 14.9 Å². The third kappa shape index (κ3) is 3.55. The molecule has 2 N–H and O–H groups in total. The van der Waals surface area contributed by atoms with Crippen LogP contribution in [0, 0.1) is 17.0 Å². The molecule has 0 saturated carbocycles. The Hall–Kier alpha value is -2.72. The van der Waals surface area contributed by atoms with E-state index in [0.29, 0.717) is 5.56 Å². The lowest BCUT2D eigenvalue weighted by atomic mass is 10.2. The van der Waals surface area contributed by atoms with E-state index in [0.717, 1.165) is 12.1 Å². The van der Waals surface area contributed by atoms with Crippen LogP contribution in [-0.4, -0.2) is 26.3 Å². The fraction of sp³-hybridized carbons (Fsp3) is 0.154. The summed E-state index contributed by atoms with van der Waals surface area (Å²) in [6, 6.07) is 6.55. The minimum absolute atomic E-state index is 0.0169. The number of carbonyl (C=O) groups excluding carboxylic acids is 1. The van der Waals surface area contributed by atoms with Crippen molar-refractivity contribution >= 4 is 27.5 Å². The van der Waals surface area contributed by atoms with Crippen LogP contribution in [0.1, 0.15) is 16.1 Å². The third-order valence-corrected chi connectivity index (χ3v) is 4.56. The van der Waals surface area contributed by atoms with E-state index < -0.39 is 26.7 Å². The van der Waals surface area contributed by atoms with Gasteiger partial charge < -0.3 is 9.73 Å². The van der Waals surface area contributed by atoms with E-state index in [2.05, 4.69) is 10.0 Å². The van der Waals surface area contributed by atoms with Gasteiger partial charge in [0.25, 0.3) is 5.91 Å². The fourth-order valence-electron chi connectivity index (χ4n) is 1.82. The Morgan fingerprint density at radius 2 is 1.96 bits per heavy atom. The molecule has 0 fully saturated rings. The van der Waals surface area contributed by atoms with Crippen LogP contribution in [0.2, 0.25) is 0 Å². The van der Waals surface area contributed by atoms with Gasteiger partial charge in [0, 0.05) is 5.69 Å². The molecule has 0 radical (unpaired) electrons. The van der Waals surface area contributed by atoms with Crippen molar-refractivity contribution in [3.05, 3.63) is 51.8 Å². The Balaban J connectivity index is 2.28. The Morgan fingerprint density at radius 3 is 2.52 bits per heavy atom. The second-order valence-electron chi connectivity index (χ2n) is 4.54. The zero-order chi connectivity index (χ0) is 17.2. The molecule has 122 valence electrons. The lowest BCUT2D eigenvalue weighted by Gasteiger charge is -2.09. The molecule has 1 aromatic heterocycles. The van der Waals surface area contributed by atoms with Crippen LogP contribution in [0.5, 0.6) is 0 Å². The second-order valence-corrected chi connectivity index (χ2v) is 6.39. The van der Waals surface area contributed by atoms with E-state index in [-0.39, 0.29) is 16.3 Å². The number of hydrogen-bond donors (Lipinski definition) is 2. The molecule has 0 aliphatic carbocycles. The summed E-state index contributed by atoms with van der Waals surface area (Å²) in [7, 11) is -2.39. The molecule has 0 bridgehead atoms. The summed E-state index contributed by atoms with van der Waals surface area (Å²) in [4.78, 5) is 21.8. The van der Waals surface area contributed by atoms with Crippen molar-refractivity contribution in [1.82, 2.24) is 4.72 Å². The largest absolute Gasteiger partial charge is 0.433 e. The molecule has 0 aliphatic heterocycles. The first kappa shape index (κ1) is 16.6. The summed E-state index contributed by atoms with van der Waals surface area (Å²) in [6.07, 6.45) is 0. The van der Waals surface area contributed by atoms with Gasteiger partial charge in [0.2, 0.25) is 10.0 Å². The summed E-state index contributed by atoms with van der Waals surface area (Å²) >= 11 is 0. The van der Waals surface area contributed by atoms with Gasteiger partial charge in [-0.25, -0.2) is 13.1 Å². The second kappa shape index (κ2) is 6.18. The first-order valence-electron chi connectivity index (χ1n) is 6.34. The Labute approximate surface area is 131 Å². The molecular weight excluding hydrogens is 326 g/mol. The van der Waals surface area contributed by atoms with Crippen LogP contribution in [0.25, 0.3) is 0 Å². The van der Waals surface area contributed by atoms with E-state index in [4.69, 9.17) is 4.42 Å². The summed E-state index contributed by atoms with van der Waals surface area (Å²) in [5, 5.41) is 13.0. The monoisotopic (exact) mass is 339 g/mol. The number of sulfonamides is 1. The van der Waals surface area contributed by atoms with Gasteiger partial charge in [0.05, 0.1) is 11.0 Å². The molecule has 1 amide bonds. The quantitative estimate of drug-likeness (QED) is 0.629. The number of carbonyl (C=O) groups is 1. The molecule has 9 nitrogen and oxygen atoms in total. The maximum Gasteiger partial charge on any atom is 0.433 e. The zero-order valence-corrected chi connectivity index (χ0v) is 13.0. The minimum Gasteiger partial charge on any atom is -0.395 e. The van der Waals surface area contributed by atoms with Crippen LogP contribution >= 0.6 is 0 Å². The Morgan fingerprint density at radius 1 is 1.26 bits per heavy atom. The normalized spacial score (nSPS) is 11.2. The molecular formula is C13H13N3O6S. The summed E-state index contributed by atoms with van der Waals surface area (Å²) in [5.41, 5.74) is 0.722. The first-order valence-corrected chi connectivity index (χ1v) is 7.82. The zero-order valence-electron chi connectivity index (χ0n) is 12.2. The van der Waals surface area contributed by atoms with Crippen LogP contribution in [0.3, 0.4) is 0 Å². The number of nitro groups is 1. The lowest BCUT2D eigenvalue weighted by molar-refractivity contribution is -0.402. The van der Waals surface area contributed by atoms with Crippen molar-refractivity contribution in [2.75, 3.05) is 12.4 Å². The average molecular weight is 339 g/mol. The molecule has 0 aliphatic rings. The molecule has 0 unspecified atom stereocenters. The summed E-state index contributed by atoms with van der Waals surface area (Å²) < 4.78 is 30.8. The number of amides is 1. The SMILES string of the molecule is CNS(=O)(=O)c1cc(NC(=O)c2ccc([N+](=O)[O-])o2)ccc1C. The van der Waals surface area contributed by atoms with E-state index in [9.17, 15) is 23.3 Å². The fourth-order valence-corrected chi connectivity index (χ4v) is 2.81. The van der Waals surface area contributed by atoms with Crippen molar-refractivity contribution in [3.63, 3.8) is 0 Å². The molecule has 0 atom stereocenters. The standard InChI is InChI=1S/C13H13N3O6S/c1-8-3-4-9(7-11(8)23(20,21)14-2)15-13(17)10-5-6-12(22-10)16(18)19/h3-7,14H,1-2H3,(H,15,17). The van der Waals surface area contributed by atoms with Gasteiger partial charge >= 0.3 is 5.88 Å². The number of hydrogen-bond acceptors (Lipinski definition) is 6. The Kier molecular flexibility index (Phi) is 4.48. The Bertz CT molecular complexity index is 872. The molecule has 0 spiro atoms. The van der Waals surface area contributed by atoms with E-state index in [1.54, 1.807) is 6.92 Å². The highest BCUT2D eigenvalue weighted by Gasteiger charge is 2.19. The van der Waals surface area contributed by atoms with Crippen LogP contribution in [-0.2, 0) is 10.0 Å². The first-order chi connectivity index (χ1) is 10.7. The van der Waals surface area contributed by atoms with Crippen molar-refractivity contribution in [3.8, 4) is 0 Å². The van der Waals surface area contributed by atoms with Gasteiger partial charge in [-0.1, -0.05) is 6.07 Å². The predicted molar refractivity (Wildman–Crippen MR) is 80.7 cm³/mol. The minimum atomic E-state index is -3.67. The molecule has 1 aromatic carbocycles. The summed E-state index contributed by atoms with van der Waals surface area (Å²) in [5.74, 6) is -1.54. The van der Waals surface area contributed by atoms with E-state index in [1.807, 2.05) is 0 Å². The van der Waals surface area contributed by atoms with Gasteiger partial charge in [-0.05, 0) is 37.7 Å². The van der Waals surface area contributed by atoms with Gasteiger partial charge in [-0.15, -0.1) is 0 Å². The number of aryl methyl sites for hydroxylation is 1. The molecule has 2 rings (SSSR count). The number of benzene rings is 1. The lowest BCUT2D eigenvalue weighted by Crippen LogP contribution is -2.20. The predicted octanol–water partition coefficient (Wildman–Crippen LogP) is 1.66. The van der Waals surface area contributed by atoms with Crippen molar-refractivity contribution in [2.24, 2.45) is 0 Å². The van der Waals surface area contributed by atoms with Crippen molar-refractivity contribution in [2.45, 2.75) is 11.8 Å². The maximum absolute atomic E-state index is 12.0. The molecule has 0 saturated heterocycles. The molecule has 10 heteroatoms. The van der Waals surface area contributed by atoms with E-state index in [1.165, 1.54) is 25.2 Å². The van der Waals surface area contributed by atoms with Gasteiger partial charge in [-0.2, -0.15) is 0 Å². The smallest absolute Gasteiger partial charge is 0.395 e. The van der Waals surface area contributed by atoms with Crippen LogP contribution < -0.4 is 10.0 Å². The van der Waals surface area contributed by atoms with Gasteiger partial charge in [0.1, 0.15) is 4.92 Å².